The van der Waals surface area contributed by atoms with E-state index >= 15 is 0 Å². The highest BCUT2D eigenvalue weighted by atomic mass is 16.5. The molecule has 7 rings (SSSR count). The Morgan fingerprint density at radius 1 is 0.812 bits per heavy atom. The average Bonchev–Trinajstić information content (AvgIpc) is 3.23. The second kappa shape index (κ2) is 8.15. The van der Waals surface area contributed by atoms with Gasteiger partial charge in [-0.15, -0.1) is 0 Å². The summed E-state index contributed by atoms with van der Waals surface area (Å²) in [7, 11) is 0. The molecule has 0 aromatic heterocycles. The largest absolute Gasteiger partial charge is 0.396 e. The van der Waals surface area contributed by atoms with Crippen molar-refractivity contribution in [2.45, 2.75) is 37.5 Å². The summed E-state index contributed by atoms with van der Waals surface area (Å²) in [4.78, 5) is 2.54. The lowest BCUT2D eigenvalue weighted by atomic mass is 9.54. The number of nitrogens with zero attached hydrogens (tertiary/aromatic N) is 1. The van der Waals surface area contributed by atoms with E-state index in [1.807, 2.05) is 0 Å². The molecule has 3 aromatic carbocycles. The lowest BCUT2D eigenvalue weighted by Crippen LogP contribution is -2.46. The Morgan fingerprint density at radius 3 is 1.97 bits per heavy atom. The number of ether oxygens (including phenoxy) is 1. The van der Waals surface area contributed by atoms with Crippen LogP contribution in [0.15, 0.2) is 78.9 Å². The normalized spacial score (nSPS) is 30.8. The first-order valence-electron chi connectivity index (χ1n) is 12.0. The molecule has 0 radical (unpaired) electrons. The molecule has 4 unspecified atom stereocenters. The second-order valence-electron chi connectivity index (χ2n) is 9.70. The first-order valence-corrected chi connectivity index (χ1v) is 12.0. The quantitative estimate of drug-likeness (QED) is 0.601. The summed E-state index contributed by atoms with van der Waals surface area (Å²) in [5, 5.41) is 9.74. The second-order valence-corrected chi connectivity index (χ2v) is 9.70. The van der Waals surface area contributed by atoms with E-state index in [4.69, 9.17) is 4.74 Å². The summed E-state index contributed by atoms with van der Waals surface area (Å²) in [6.45, 7) is 4.31. The Kier molecular flexibility index (Phi) is 5.14. The van der Waals surface area contributed by atoms with Crippen LogP contribution in [-0.2, 0) is 4.74 Å². The molecule has 3 heteroatoms. The van der Waals surface area contributed by atoms with Gasteiger partial charge in [-0.2, -0.15) is 0 Å². The van der Waals surface area contributed by atoms with Crippen molar-refractivity contribution in [3.63, 3.8) is 0 Å². The summed E-state index contributed by atoms with van der Waals surface area (Å²) >= 11 is 0. The van der Waals surface area contributed by atoms with Gasteiger partial charge in [-0.05, 0) is 46.1 Å². The molecule has 0 amide bonds. The molecule has 32 heavy (non-hydrogen) atoms. The van der Waals surface area contributed by atoms with Crippen LogP contribution in [0.1, 0.15) is 59.2 Å². The van der Waals surface area contributed by atoms with Gasteiger partial charge in [0.15, 0.2) is 0 Å². The zero-order chi connectivity index (χ0) is 21.7. The molecule has 1 N–H and O–H groups in total. The van der Waals surface area contributed by atoms with Gasteiger partial charge in [-0.3, -0.25) is 4.90 Å². The minimum atomic E-state index is -0.0362. The van der Waals surface area contributed by atoms with Crippen LogP contribution in [0, 0.1) is 11.8 Å². The number of hydrogen-bond acceptors (Lipinski definition) is 3. The summed E-state index contributed by atoms with van der Waals surface area (Å²) < 4.78 is 6.33. The summed E-state index contributed by atoms with van der Waals surface area (Å²) in [5.41, 5.74) is 7.26. The fraction of sp³-hybridized carbons (Fsp3) is 0.379. The van der Waals surface area contributed by atoms with E-state index in [-0.39, 0.29) is 18.9 Å². The molecule has 164 valence electrons. The van der Waals surface area contributed by atoms with Gasteiger partial charge < -0.3 is 9.84 Å². The maximum Gasteiger partial charge on any atom is 0.137 e. The third-order valence-corrected chi connectivity index (χ3v) is 8.15. The molecule has 1 aliphatic heterocycles. The van der Waals surface area contributed by atoms with E-state index in [1.54, 1.807) is 0 Å². The Labute approximate surface area is 190 Å². The van der Waals surface area contributed by atoms with Gasteiger partial charge in [-0.1, -0.05) is 85.8 Å². The smallest absolute Gasteiger partial charge is 0.137 e. The third-order valence-electron chi connectivity index (χ3n) is 8.15. The van der Waals surface area contributed by atoms with Gasteiger partial charge in [0, 0.05) is 31.0 Å². The molecule has 0 saturated carbocycles. The van der Waals surface area contributed by atoms with E-state index in [2.05, 4.69) is 90.7 Å². The molecular formula is C29H31NO2. The van der Waals surface area contributed by atoms with Gasteiger partial charge in [0.2, 0.25) is 0 Å². The van der Waals surface area contributed by atoms with E-state index < -0.39 is 0 Å². The van der Waals surface area contributed by atoms with Crippen LogP contribution >= 0.6 is 0 Å². The van der Waals surface area contributed by atoms with Gasteiger partial charge in [0.1, 0.15) is 6.23 Å². The minimum absolute atomic E-state index is 0.0362. The van der Waals surface area contributed by atoms with E-state index in [0.29, 0.717) is 30.3 Å². The topological polar surface area (TPSA) is 32.7 Å². The van der Waals surface area contributed by atoms with Gasteiger partial charge in [-0.25, -0.2) is 0 Å². The molecule has 4 atom stereocenters. The monoisotopic (exact) mass is 425 g/mol. The molecule has 1 heterocycles. The predicted octanol–water partition coefficient (Wildman–Crippen LogP) is 5.31. The highest BCUT2D eigenvalue weighted by Gasteiger charge is 2.49. The standard InChI is InChI=1S/C29H31NO2/c1-19-26(17-30-21(15-16-31)18-32-29(30)20-9-3-2-4-10-20)28-24-13-7-5-11-22(24)27(19)23-12-6-8-14-25(23)28/h2-14,19,21,26-29,31H,15-18H2,1H3. The maximum atomic E-state index is 9.74. The SMILES string of the molecule is CC1C2c3ccccc3C(c3ccccc32)C1CN1C(CCO)COC1c1ccccc1. The lowest BCUT2D eigenvalue weighted by Gasteiger charge is -2.51. The van der Waals surface area contributed by atoms with Crippen LogP contribution in [0.2, 0.25) is 0 Å². The van der Waals surface area contributed by atoms with Crippen molar-refractivity contribution in [2.75, 3.05) is 19.8 Å². The number of benzene rings is 3. The van der Waals surface area contributed by atoms with E-state index in [0.717, 1.165) is 13.0 Å². The van der Waals surface area contributed by atoms with Crippen LogP contribution in [0.4, 0.5) is 0 Å². The first kappa shape index (κ1) is 20.2. The Bertz CT molecular complexity index is 1050. The van der Waals surface area contributed by atoms with Crippen LogP contribution in [0.25, 0.3) is 0 Å². The predicted molar refractivity (Wildman–Crippen MR) is 127 cm³/mol. The maximum absolute atomic E-state index is 9.74. The van der Waals surface area contributed by atoms with Crippen LogP contribution in [0.3, 0.4) is 0 Å². The Hall–Kier alpha value is -2.46. The molecule has 3 nitrogen and oxygen atoms in total. The zero-order valence-electron chi connectivity index (χ0n) is 18.6. The average molecular weight is 426 g/mol. The lowest BCUT2D eigenvalue weighted by molar-refractivity contribution is 0.00945. The molecule has 1 saturated heterocycles. The van der Waals surface area contributed by atoms with Crippen molar-refractivity contribution in [2.24, 2.45) is 11.8 Å². The molecule has 0 spiro atoms. The molecule has 1 fully saturated rings. The Morgan fingerprint density at radius 2 is 1.38 bits per heavy atom. The van der Waals surface area contributed by atoms with Crippen molar-refractivity contribution < 1.29 is 9.84 Å². The van der Waals surface area contributed by atoms with Crippen molar-refractivity contribution >= 4 is 0 Å². The van der Waals surface area contributed by atoms with Gasteiger partial charge in [0.05, 0.1) is 6.61 Å². The first-order chi connectivity index (χ1) is 15.8. The summed E-state index contributed by atoms with van der Waals surface area (Å²) in [5.74, 6) is 1.93. The van der Waals surface area contributed by atoms with Gasteiger partial charge >= 0.3 is 0 Å². The fourth-order valence-electron chi connectivity index (χ4n) is 6.72. The highest BCUT2D eigenvalue weighted by Crippen LogP contribution is 2.58. The Balaban J connectivity index is 1.40. The van der Waals surface area contributed by atoms with Crippen molar-refractivity contribution in [1.82, 2.24) is 4.90 Å². The number of aliphatic hydroxyl groups is 1. The van der Waals surface area contributed by atoms with E-state index in [9.17, 15) is 5.11 Å². The molecular weight excluding hydrogens is 394 g/mol. The molecule has 4 aliphatic rings. The number of aliphatic hydroxyl groups excluding tert-OH is 1. The summed E-state index contributed by atoms with van der Waals surface area (Å²) in [6, 6.07) is 29.0. The number of fused-ring (bicyclic) bond motifs is 1. The van der Waals surface area contributed by atoms with Crippen molar-refractivity contribution in [3.8, 4) is 0 Å². The molecule has 3 aromatic rings. The van der Waals surface area contributed by atoms with Crippen LogP contribution in [0.5, 0.6) is 0 Å². The minimum Gasteiger partial charge on any atom is -0.396 e. The van der Waals surface area contributed by atoms with Gasteiger partial charge in [0.25, 0.3) is 0 Å². The van der Waals surface area contributed by atoms with Crippen molar-refractivity contribution in [1.29, 1.82) is 0 Å². The van der Waals surface area contributed by atoms with E-state index in [1.165, 1.54) is 27.8 Å². The van der Waals surface area contributed by atoms with Crippen molar-refractivity contribution in [3.05, 3.63) is 107 Å². The number of hydrogen-bond donors (Lipinski definition) is 1. The molecule has 2 bridgehead atoms. The third kappa shape index (κ3) is 3.07. The zero-order valence-corrected chi connectivity index (χ0v) is 18.6. The van der Waals surface area contributed by atoms with Crippen LogP contribution < -0.4 is 0 Å². The fourth-order valence-corrected chi connectivity index (χ4v) is 6.72. The highest BCUT2D eigenvalue weighted by molar-refractivity contribution is 5.56. The number of rotatable bonds is 5. The summed E-state index contributed by atoms with van der Waals surface area (Å²) in [6.07, 6.45) is 0.719. The molecule has 3 aliphatic carbocycles. The van der Waals surface area contributed by atoms with Crippen LogP contribution in [-0.4, -0.2) is 35.8 Å².